The average Bonchev–Trinajstić information content (AvgIpc) is 2.93. The Labute approximate surface area is 247 Å². The average molecular weight is 575 g/mol. The van der Waals surface area contributed by atoms with Crippen LogP contribution in [0.3, 0.4) is 0 Å². The molecule has 2 amide bonds. The van der Waals surface area contributed by atoms with Crippen molar-refractivity contribution in [2.75, 3.05) is 6.54 Å². The minimum atomic E-state index is -0.916. The highest BCUT2D eigenvalue weighted by Crippen LogP contribution is 2.27. The van der Waals surface area contributed by atoms with Gasteiger partial charge in [0.1, 0.15) is 11.6 Å². The lowest BCUT2D eigenvalue weighted by Crippen LogP contribution is -2.47. The second kappa shape index (κ2) is 15.0. The molecule has 0 spiro atoms. The van der Waals surface area contributed by atoms with Gasteiger partial charge in [0.2, 0.25) is 11.8 Å². The molecular weight excluding hydrogens is 532 g/mol. The highest BCUT2D eigenvalue weighted by molar-refractivity contribution is 5.90. The molecule has 3 aromatic carbocycles. The third kappa shape index (κ3) is 10.2. The maximum atomic E-state index is 13.5. The Hall–Kier alpha value is -4.44. The van der Waals surface area contributed by atoms with Crippen molar-refractivity contribution in [2.24, 2.45) is 22.2 Å². The van der Waals surface area contributed by atoms with E-state index < -0.39 is 41.5 Å². The van der Waals surface area contributed by atoms with Crippen molar-refractivity contribution in [1.29, 1.82) is 0 Å². The van der Waals surface area contributed by atoms with E-state index >= 15 is 0 Å². The molecule has 3 aromatic rings. The molecule has 0 saturated carbocycles. The molecule has 0 fully saturated rings. The molecule has 0 radical (unpaired) electrons. The van der Waals surface area contributed by atoms with Gasteiger partial charge >= 0.3 is 5.97 Å². The monoisotopic (exact) mass is 574 g/mol. The first-order chi connectivity index (χ1) is 19.9. The fraction of sp³-hybridized carbons (Fsp3) is 0.375. The molecule has 0 aliphatic heterocycles. The fourth-order valence-electron chi connectivity index (χ4n) is 4.58. The smallest absolute Gasteiger partial charge is 0.329 e. The van der Waals surface area contributed by atoms with Crippen LogP contribution in [0, 0.1) is 0 Å². The molecule has 42 heavy (non-hydrogen) atoms. The molecule has 0 heterocycles. The van der Waals surface area contributed by atoms with Crippen molar-refractivity contribution < 1.29 is 19.1 Å². The van der Waals surface area contributed by atoms with E-state index in [2.05, 4.69) is 15.6 Å². The van der Waals surface area contributed by atoms with Gasteiger partial charge in [0.15, 0.2) is 5.96 Å². The van der Waals surface area contributed by atoms with Crippen LogP contribution in [0.1, 0.15) is 57.2 Å². The SMILES string of the molecule is CC(C)(C)OC(=O)C(Cc1ccccc1)NC(=O)CC(NC(=O)C(N)CCCN=C(N)N)c1cccc2ccccc12. The summed E-state index contributed by atoms with van der Waals surface area (Å²) in [6, 6.07) is 20.4. The maximum absolute atomic E-state index is 13.5. The number of nitrogens with zero attached hydrogens (tertiary/aromatic N) is 1. The van der Waals surface area contributed by atoms with Crippen molar-refractivity contribution in [3.63, 3.8) is 0 Å². The topological polar surface area (TPSA) is 175 Å². The van der Waals surface area contributed by atoms with Crippen LogP contribution in [0.5, 0.6) is 0 Å². The van der Waals surface area contributed by atoms with Crippen molar-refractivity contribution in [3.8, 4) is 0 Å². The van der Waals surface area contributed by atoms with E-state index in [0.29, 0.717) is 19.4 Å². The molecule has 224 valence electrons. The van der Waals surface area contributed by atoms with Gasteiger partial charge in [-0.05, 0) is 55.5 Å². The number of nitrogens with one attached hydrogen (secondary N) is 2. The Kier molecular flexibility index (Phi) is 11.4. The molecule has 0 saturated heterocycles. The number of benzene rings is 3. The summed E-state index contributed by atoms with van der Waals surface area (Å²) in [5.74, 6) is -1.37. The molecule has 3 unspecified atom stereocenters. The van der Waals surface area contributed by atoms with E-state index in [9.17, 15) is 14.4 Å². The molecule has 0 aromatic heterocycles. The predicted octanol–water partition coefficient (Wildman–Crippen LogP) is 2.84. The van der Waals surface area contributed by atoms with Gasteiger partial charge in [0.25, 0.3) is 0 Å². The van der Waals surface area contributed by atoms with E-state index in [-0.39, 0.29) is 18.8 Å². The van der Waals surface area contributed by atoms with Crippen molar-refractivity contribution in [2.45, 2.75) is 70.2 Å². The lowest BCUT2D eigenvalue weighted by Gasteiger charge is -2.26. The van der Waals surface area contributed by atoms with Gasteiger partial charge in [-0.2, -0.15) is 0 Å². The van der Waals surface area contributed by atoms with Crippen molar-refractivity contribution >= 4 is 34.5 Å². The number of nitrogens with two attached hydrogens (primary N) is 3. The number of hydrogen-bond donors (Lipinski definition) is 5. The summed E-state index contributed by atoms with van der Waals surface area (Å²) in [7, 11) is 0. The summed E-state index contributed by atoms with van der Waals surface area (Å²) in [4.78, 5) is 43.7. The van der Waals surface area contributed by atoms with E-state index in [1.54, 1.807) is 20.8 Å². The van der Waals surface area contributed by atoms with Crippen LogP contribution in [0.25, 0.3) is 10.8 Å². The minimum Gasteiger partial charge on any atom is -0.458 e. The standard InChI is InChI=1S/C32H42N6O4/c1-32(2,3)42-30(41)27(19-21-11-5-4-6-12-21)37-28(39)20-26(24-16-9-14-22-13-7-8-15-23(22)24)38-29(40)25(33)17-10-18-36-31(34)35/h4-9,11-16,25-27H,10,17-20,33H2,1-3H3,(H,37,39)(H,38,40)(H4,34,35,36). The summed E-state index contributed by atoms with van der Waals surface area (Å²) in [6.45, 7) is 5.68. The van der Waals surface area contributed by atoms with E-state index in [4.69, 9.17) is 21.9 Å². The van der Waals surface area contributed by atoms with Crippen LogP contribution >= 0.6 is 0 Å². The zero-order chi connectivity index (χ0) is 30.7. The minimum absolute atomic E-state index is 0.0213. The first kappa shape index (κ1) is 32.1. The number of rotatable bonds is 13. The largest absolute Gasteiger partial charge is 0.458 e. The van der Waals surface area contributed by atoms with Crippen LogP contribution in [-0.4, -0.2) is 48.0 Å². The van der Waals surface area contributed by atoms with Crippen LogP contribution in [0.15, 0.2) is 77.8 Å². The zero-order valence-electron chi connectivity index (χ0n) is 24.5. The Morgan fingerprint density at radius 3 is 2.26 bits per heavy atom. The van der Waals surface area contributed by atoms with Crippen LogP contribution in [0.4, 0.5) is 0 Å². The zero-order valence-corrected chi connectivity index (χ0v) is 24.5. The van der Waals surface area contributed by atoms with Gasteiger partial charge in [-0.25, -0.2) is 4.79 Å². The third-order valence-electron chi connectivity index (χ3n) is 6.52. The molecule has 0 aliphatic rings. The van der Waals surface area contributed by atoms with Gasteiger partial charge in [0.05, 0.1) is 18.5 Å². The van der Waals surface area contributed by atoms with Crippen molar-refractivity contribution in [1.82, 2.24) is 10.6 Å². The molecule has 3 atom stereocenters. The van der Waals surface area contributed by atoms with Gasteiger partial charge in [-0.3, -0.25) is 14.6 Å². The van der Waals surface area contributed by atoms with Crippen LogP contribution in [0.2, 0.25) is 0 Å². The Balaban J connectivity index is 1.83. The summed E-state index contributed by atoms with van der Waals surface area (Å²) in [5, 5.41) is 7.69. The molecule has 0 aliphatic carbocycles. The predicted molar refractivity (Wildman–Crippen MR) is 165 cm³/mol. The van der Waals surface area contributed by atoms with Crippen molar-refractivity contribution in [3.05, 3.63) is 83.9 Å². The summed E-state index contributed by atoms with van der Waals surface area (Å²) >= 11 is 0. The quantitative estimate of drug-likeness (QED) is 0.0902. The summed E-state index contributed by atoms with van der Waals surface area (Å²) in [5.41, 5.74) is 17.8. The maximum Gasteiger partial charge on any atom is 0.329 e. The van der Waals surface area contributed by atoms with Gasteiger partial charge in [-0.15, -0.1) is 0 Å². The van der Waals surface area contributed by atoms with Gasteiger partial charge in [0, 0.05) is 13.0 Å². The van der Waals surface area contributed by atoms with E-state index in [1.165, 1.54) is 0 Å². The van der Waals surface area contributed by atoms with E-state index in [1.807, 2.05) is 72.8 Å². The van der Waals surface area contributed by atoms with Gasteiger partial charge in [-0.1, -0.05) is 72.8 Å². The van der Waals surface area contributed by atoms with Gasteiger partial charge < -0.3 is 32.6 Å². The number of esters is 1. The molecular formula is C32H42N6O4. The van der Waals surface area contributed by atoms with Crippen LogP contribution < -0.4 is 27.8 Å². The Bertz CT molecular complexity index is 1380. The summed E-state index contributed by atoms with van der Waals surface area (Å²) < 4.78 is 5.61. The lowest BCUT2D eigenvalue weighted by atomic mass is 9.95. The summed E-state index contributed by atoms with van der Waals surface area (Å²) in [6.07, 6.45) is 1.01. The number of carbonyl (C=O) groups excluding carboxylic acids is 3. The number of ether oxygens (including phenoxy) is 1. The van der Waals surface area contributed by atoms with E-state index in [0.717, 1.165) is 21.9 Å². The second-order valence-corrected chi connectivity index (χ2v) is 11.2. The molecule has 10 nitrogen and oxygen atoms in total. The number of fused-ring (bicyclic) bond motifs is 1. The second-order valence-electron chi connectivity index (χ2n) is 11.2. The molecule has 10 heteroatoms. The number of guanidine groups is 1. The number of carbonyl (C=O) groups is 3. The number of aliphatic imine (C=N–C) groups is 1. The molecule has 0 bridgehead atoms. The third-order valence-corrected chi connectivity index (χ3v) is 6.52. The number of amides is 2. The highest BCUT2D eigenvalue weighted by Gasteiger charge is 2.29. The Morgan fingerprint density at radius 1 is 0.905 bits per heavy atom. The molecule has 8 N–H and O–H groups in total. The fourth-order valence-corrected chi connectivity index (χ4v) is 4.58. The Morgan fingerprint density at radius 2 is 1.57 bits per heavy atom. The first-order valence-corrected chi connectivity index (χ1v) is 14.1. The lowest BCUT2D eigenvalue weighted by molar-refractivity contribution is -0.158. The first-order valence-electron chi connectivity index (χ1n) is 14.1. The van der Waals surface area contributed by atoms with Crippen LogP contribution in [-0.2, 0) is 25.5 Å². The molecule has 3 rings (SSSR count). The highest BCUT2D eigenvalue weighted by atomic mass is 16.6. The normalized spacial score (nSPS) is 13.4. The number of hydrogen-bond acceptors (Lipinski definition) is 6.